The number of halogens is 1. The quantitative estimate of drug-likeness (QED) is 0.213. The topological polar surface area (TPSA) is 130 Å². The molecule has 12 heteroatoms. The maximum absolute atomic E-state index is 12.6. The first-order valence-corrected chi connectivity index (χ1v) is 11.8. The van der Waals surface area contributed by atoms with Crippen molar-refractivity contribution in [2.45, 2.75) is 12.6 Å². The number of rotatable bonds is 9. The van der Waals surface area contributed by atoms with Crippen LogP contribution in [0.5, 0.6) is 5.75 Å². The normalized spacial score (nSPS) is 12.2. The fraction of sp³-hybridized carbons (Fsp3) is 0.250. The first-order chi connectivity index (χ1) is 17.2. The Morgan fingerprint density at radius 2 is 1.89 bits per heavy atom. The molecule has 4 rings (SSSR count). The summed E-state index contributed by atoms with van der Waals surface area (Å²) in [6.07, 6.45) is 0.630. The smallest absolute Gasteiger partial charge is 0.329 e. The van der Waals surface area contributed by atoms with Crippen molar-refractivity contribution >= 4 is 44.9 Å². The number of aromatic amines is 1. The molecule has 0 amide bonds. The lowest BCUT2D eigenvalue weighted by Crippen LogP contribution is -2.30. The lowest BCUT2D eigenvalue weighted by Gasteiger charge is -2.15. The zero-order valence-electron chi connectivity index (χ0n) is 20.0. The van der Waals surface area contributed by atoms with Crippen LogP contribution in [0.4, 0.5) is 11.6 Å². The molecular weight excluding hydrogens is 530 g/mol. The van der Waals surface area contributed by atoms with E-state index in [1.54, 1.807) is 18.3 Å². The number of benzene rings is 2. The van der Waals surface area contributed by atoms with Crippen LogP contribution in [0.2, 0.25) is 0 Å². The number of ether oxygens (including phenoxy) is 1. The van der Waals surface area contributed by atoms with Gasteiger partial charge in [0.15, 0.2) is 11.2 Å². The molecule has 1 atom stereocenters. The van der Waals surface area contributed by atoms with Crippen LogP contribution < -0.4 is 26.3 Å². The summed E-state index contributed by atoms with van der Waals surface area (Å²) in [6.45, 7) is -0.0460. The van der Waals surface area contributed by atoms with E-state index >= 15 is 0 Å². The molecule has 36 heavy (non-hydrogen) atoms. The van der Waals surface area contributed by atoms with Crippen LogP contribution in [0.3, 0.4) is 0 Å². The van der Waals surface area contributed by atoms with Crippen molar-refractivity contribution in [2.24, 2.45) is 12.1 Å². The van der Waals surface area contributed by atoms with Crippen LogP contribution in [0.1, 0.15) is 5.56 Å². The third-order valence-electron chi connectivity index (χ3n) is 5.44. The van der Waals surface area contributed by atoms with Gasteiger partial charge in [-0.2, -0.15) is 10.1 Å². The van der Waals surface area contributed by atoms with Crippen molar-refractivity contribution in [3.8, 4) is 5.75 Å². The highest BCUT2D eigenvalue weighted by Crippen LogP contribution is 2.19. The highest BCUT2D eigenvalue weighted by molar-refractivity contribution is 9.10. The van der Waals surface area contributed by atoms with Crippen molar-refractivity contribution in [2.75, 3.05) is 31.0 Å². The minimum atomic E-state index is -0.981. The predicted molar refractivity (Wildman–Crippen MR) is 143 cm³/mol. The van der Waals surface area contributed by atoms with Gasteiger partial charge in [0.25, 0.3) is 5.56 Å². The largest absolute Gasteiger partial charge is 0.491 e. The number of H-pyrrole nitrogens is 1. The molecule has 0 aliphatic heterocycles. The zero-order chi connectivity index (χ0) is 25.8. The van der Waals surface area contributed by atoms with Gasteiger partial charge in [-0.3, -0.25) is 14.3 Å². The highest BCUT2D eigenvalue weighted by Gasteiger charge is 2.20. The van der Waals surface area contributed by atoms with Gasteiger partial charge < -0.3 is 19.3 Å². The Kier molecular flexibility index (Phi) is 7.55. The number of hydrazone groups is 1. The number of aromatic nitrogens is 4. The van der Waals surface area contributed by atoms with E-state index in [0.29, 0.717) is 5.75 Å². The van der Waals surface area contributed by atoms with E-state index in [1.807, 2.05) is 55.4 Å². The maximum Gasteiger partial charge on any atom is 0.329 e. The van der Waals surface area contributed by atoms with E-state index in [-0.39, 0.29) is 30.3 Å². The highest BCUT2D eigenvalue weighted by atomic mass is 79.9. The predicted octanol–water partition coefficient (Wildman–Crippen LogP) is 2.14. The summed E-state index contributed by atoms with van der Waals surface area (Å²) in [4.78, 5) is 33.4. The van der Waals surface area contributed by atoms with Gasteiger partial charge in [0, 0.05) is 31.3 Å². The molecule has 0 saturated heterocycles. The summed E-state index contributed by atoms with van der Waals surface area (Å²) in [5, 5.41) is 14.9. The first kappa shape index (κ1) is 25.2. The third-order valence-corrected chi connectivity index (χ3v) is 5.97. The molecule has 2 heterocycles. The minimum Gasteiger partial charge on any atom is -0.491 e. The molecule has 0 saturated carbocycles. The number of aliphatic hydroxyl groups is 1. The zero-order valence-corrected chi connectivity index (χ0v) is 21.6. The molecule has 0 spiro atoms. The average molecular weight is 556 g/mol. The monoisotopic (exact) mass is 555 g/mol. The fourth-order valence-corrected chi connectivity index (χ4v) is 3.77. The Labute approximate surface area is 214 Å². The van der Waals surface area contributed by atoms with Gasteiger partial charge in [-0.15, -0.1) is 0 Å². The van der Waals surface area contributed by atoms with Crippen molar-refractivity contribution in [3.63, 3.8) is 0 Å². The van der Waals surface area contributed by atoms with Crippen LogP contribution in [0.15, 0.2) is 67.7 Å². The number of nitrogens with one attached hydrogen (secondary N) is 2. The van der Waals surface area contributed by atoms with E-state index in [1.165, 1.54) is 16.2 Å². The number of anilines is 2. The summed E-state index contributed by atoms with van der Waals surface area (Å²) in [5.41, 5.74) is 3.83. The fourth-order valence-electron chi connectivity index (χ4n) is 3.51. The molecule has 188 valence electrons. The second kappa shape index (κ2) is 10.8. The van der Waals surface area contributed by atoms with Crippen molar-refractivity contribution in [3.05, 3.63) is 79.4 Å². The summed E-state index contributed by atoms with van der Waals surface area (Å²) in [5.74, 6) is 0.789. The number of fused-ring (bicyclic) bond motifs is 1. The summed E-state index contributed by atoms with van der Waals surface area (Å²) < 4.78 is 9.29. The Bertz CT molecular complexity index is 1490. The first-order valence-electron chi connectivity index (χ1n) is 11.1. The van der Waals surface area contributed by atoms with Crippen molar-refractivity contribution < 1.29 is 9.84 Å². The van der Waals surface area contributed by atoms with Gasteiger partial charge in [-0.25, -0.2) is 10.2 Å². The van der Waals surface area contributed by atoms with Crippen LogP contribution in [-0.4, -0.2) is 57.2 Å². The molecule has 4 aromatic rings. The molecule has 2 aromatic carbocycles. The van der Waals surface area contributed by atoms with E-state index < -0.39 is 17.4 Å². The molecule has 0 unspecified atom stereocenters. The second-order valence-corrected chi connectivity index (χ2v) is 9.23. The summed E-state index contributed by atoms with van der Waals surface area (Å²) >= 11 is 3.37. The summed E-state index contributed by atoms with van der Waals surface area (Å²) in [6, 6.07) is 15.0. The molecule has 2 aromatic heterocycles. The molecular formula is C24H26BrN7O4. The number of aryl methyl sites for hydroxylation is 1. The average Bonchev–Trinajstić information content (AvgIpc) is 3.21. The standard InChI is InChI=1S/C24H26BrN7O4/c1-30(2)17-8-4-15(5-9-17)12-26-29-23-27-21-20(22(34)28-24(35)31(21)3)32(23)13-18(33)14-36-19-10-6-16(25)7-11-19/h4-12,18,33H,13-14H2,1-3H3,(H,27,29)(H,28,34,35)/b26-12+/t18-/m0/s1. The SMILES string of the molecule is CN(C)c1ccc(/C=N/Nc2nc3c(c(=O)[nH]c(=O)n3C)n2C[C@H](O)COc2ccc(Br)cc2)cc1. The van der Waals surface area contributed by atoms with Crippen LogP contribution in [0.25, 0.3) is 11.2 Å². The van der Waals surface area contributed by atoms with Gasteiger partial charge in [0.2, 0.25) is 5.95 Å². The van der Waals surface area contributed by atoms with Gasteiger partial charge in [0.05, 0.1) is 12.8 Å². The summed E-state index contributed by atoms with van der Waals surface area (Å²) in [7, 11) is 5.43. The van der Waals surface area contributed by atoms with E-state index in [9.17, 15) is 14.7 Å². The van der Waals surface area contributed by atoms with Gasteiger partial charge in [-0.05, 0) is 42.0 Å². The number of hydrogen-bond acceptors (Lipinski definition) is 8. The maximum atomic E-state index is 12.6. The van der Waals surface area contributed by atoms with E-state index in [0.717, 1.165) is 15.7 Å². The van der Waals surface area contributed by atoms with Crippen molar-refractivity contribution in [1.82, 2.24) is 19.1 Å². The molecule has 0 aliphatic carbocycles. The number of aliphatic hydroxyl groups excluding tert-OH is 1. The third kappa shape index (κ3) is 5.66. The van der Waals surface area contributed by atoms with Crippen molar-refractivity contribution in [1.29, 1.82) is 0 Å². The molecule has 0 aliphatic rings. The van der Waals surface area contributed by atoms with Crippen LogP contribution in [-0.2, 0) is 13.6 Å². The molecule has 0 radical (unpaired) electrons. The van der Waals surface area contributed by atoms with Crippen LogP contribution >= 0.6 is 15.9 Å². The van der Waals surface area contributed by atoms with E-state index in [4.69, 9.17) is 4.74 Å². The van der Waals surface area contributed by atoms with Gasteiger partial charge in [-0.1, -0.05) is 28.1 Å². The minimum absolute atomic E-state index is 0.0219. The molecule has 0 fully saturated rings. The molecule has 3 N–H and O–H groups in total. The van der Waals surface area contributed by atoms with Crippen LogP contribution in [0, 0.1) is 0 Å². The lowest BCUT2D eigenvalue weighted by atomic mass is 10.2. The van der Waals surface area contributed by atoms with E-state index in [2.05, 4.69) is 36.4 Å². The Hall–Kier alpha value is -3.90. The number of nitrogens with zero attached hydrogens (tertiary/aromatic N) is 5. The lowest BCUT2D eigenvalue weighted by molar-refractivity contribution is 0.0938. The number of hydrogen-bond donors (Lipinski definition) is 3. The Morgan fingerprint density at radius 1 is 1.19 bits per heavy atom. The van der Waals surface area contributed by atoms with Gasteiger partial charge >= 0.3 is 5.69 Å². The second-order valence-electron chi connectivity index (χ2n) is 8.31. The molecule has 11 nitrogen and oxygen atoms in total. The Morgan fingerprint density at radius 3 is 2.56 bits per heavy atom. The van der Waals surface area contributed by atoms with Gasteiger partial charge in [0.1, 0.15) is 18.5 Å². The Balaban J connectivity index is 1.58. The molecule has 0 bridgehead atoms. The number of imidazole rings is 1.